The zero-order valence-electron chi connectivity index (χ0n) is 23.8. The second-order valence-corrected chi connectivity index (χ2v) is 10.4. The van der Waals surface area contributed by atoms with Crippen molar-refractivity contribution in [2.75, 3.05) is 12.8 Å². The molecule has 0 aliphatic carbocycles. The van der Waals surface area contributed by atoms with Gasteiger partial charge in [0.05, 0.1) is 21.5 Å². The highest BCUT2D eigenvalue weighted by Gasteiger charge is 2.17. The minimum absolute atomic E-state index is 0.0159. The lowest BCUT2D eigenvalue weighted by Gasteiger charge is -2.19. The zero-order valence-corrected chi connectivity index (χ0v) is 24.6. The number of aryl methyl sites for hydroxylation is 2. The average Bonchev–Trinajstić information content (AvgIpc) is 3.54. The van der Waals surface area contributed by atoms with Crippen LogP contribution in [0.1, 0.15) is 44.5 Å². The second kappa shape index (κ2) is 13.5. The summed E-state index contributed by atoms with van der Waals surface area (Å²) in [6.45, 7) is 7.48. The summed E-state index contributed by atoms with van der Waals surface area (Å²) in [7, 11) is 3.56. The largest absolute Gasteiger partial charge is 0.382 e. The molecule has 0 bridgehead atoms. The van der Waals surface area contributed by atoms with Crippen molar-refractivity contribution in [1.82, 2.24) is 24.6 Å². The number of carbonyl (C=O) groups is 1. The number of anilines is 1. The third-order valence-corrected chi connectivity index (χ3v) is 7.24. The fraction of sp³-hybridized carbons (Fsp3) is 0.156. The van der Waals surface area contributed by atoms with E-state index in [4.69, 9.17) is 5.73 Å². The SMILES string of the molecule is C=C/C=N\c1c(C=O)c(N)nn1C.CNC(C)c1cc2cccc(C#Cc3cnc(C)s3)c2c(=O)n1-c1ccccc1. The molecule has 1 atom stereocenters. The number of fused-ring (bicyclic) bond motifs is 1. The molecule has 0 radical (unpaired) electrons. The maximum Gasteiger partial charge on any atom is 0.264 e. The lowest BCUT2D eigenvalue weighted by atomic mass is 10.0. The third kappa shape index (κ3) is 6.44. The number of para-hydroxylation sites is 1. The third-order valence-electron chi connectivity index (χ3n) is 6.41. The standard InChI is InChI=1S/C24H21N3OS.C8H10N4O/c1-16(25-3)22-14-19-9-7-8-18(12-13-21-15-26-17(2)29-21)23(19)24(28)27(22)20-10-5-4-6-11-20;1-3-4-10-8-6(5-13)7(9)11-12(8)2/h4-11,14-16,25H,1-3H3;3-5H,1H2,2H3,(H2,9,11)/b;10-4-. The number of aromatic nitrogens is 4. The molecular formula is C32H31N7O2S. The molecule has 212 valence electrons. The Bertz CT molecular complexity index is 1890. The lowest BCUT2D eigenvalue weighted by molar-refractivity contribution is 0.112. The Balaban J connectivity index is 0.000000262. The first-order valence-electron chi connectivity index (χ1n) is 13.1. The summed E-state index contributed by atoms with van der Waals surface area (Å²) in [6, 6.07) is 17.7. The van der Waals surface area contributed by atoms with Gasteiger partial charge >= 0.3 is 0 Å². The second-order valence-electron chi connectivity index (χ2n) is 9.20. The molecule has 0 amide bonds. The van der Waals surface area contributed by atoms with Gasteiger partial charge in [0, 0.05) is 36.2 Å². The van der Waals surface area contributed by atoms with Crippen LogP contribution in [0.5, 0.6) is 0 Å². The Kier molecular flexibility index (Phi) is 9.60. The fourth-order valence-electron chi connectivity index (χ4n) is 4.29. The smallest absolute Gasteiger partial charge is 0.264 e. The van der Waals surface area contributed by atoms with E-state index in [1.807, 2.05) is 62.5 Å². The fourth-order valence-corrected chi connectivity index (χ4v) is 4.92. The monoisotopic (exact) mass is 577 g/mol. The van der Waals surface area contributed by atoms with Crippen molar-refractivity contribution >= 4 is 46.2 Å². The number of aldehydes is 1. The number of nitrogen functional groups attached to an aromatic ring is 1. The van der Waals surface area contributed by atoms with Crippen LogP contribution < -0.4 is 16.6 Å². The average molecular weight is 578 g/mol. The van der Waals surface area contributed by atoms with Gasteiger partial charge in [0.25, 0.3) is 5.56 Å². The highest BCUT2D eigenvalue weighted by molar-refractivity contribution is 7.12. The van der Waals surface area contributed by atoms with Crippen LogP contribution in [-0.2, 0) is 7.05 Å². The van der Waals surface area contributed by atoms with E-state index < -0.39 is 0 Å². The molecule has 9 nitrogen and oxygen atoms in total. The number of nitrogens with zero attached hydrogens (tertiary/aromatic N) is 5. The summed E-state index contributed by atoms with van der Waals surface area (Å²) in [5, 5.41) is 9.61. The van der Waals surface area contributed by atoms with Gasteiger partial charge in [-0.3, -0.25) is 14.2 Å². The summed E-state index contributed by atoms with van der Waals surface area (Å²) in [4.78, 5) is 33.4. The Hall–Kier alpha value is -5.11. The first-order chi connectivity index (χ1) is 20.3. The predicted octanol–water partition coefficient (Wildman–Crippen LogP) is 5.14. The maximum atomic E-state index is 13.7. The van der Waals surface area contributed by atoms with Gasteiger partial charge in [0.2, 0.25) is 0 Å². The Morgan fingerprint density at radius 3 is 2.57 bits per heavy atom. The predicted molar refractivity (Wildman–Crippen MR) is 171 cm³/mol. The summed E-state index contributed by atoms with van der Waals surface area (Å²) in [5.41, 5.74) is 8.20. The minimum atomic E-state index is -0.0591. The van der Waals surface area contributed by atoms with E-state index in [1.54, 1.807) is 29.1 Å². The van der Waals surface area contributed by atoms with E-state index in [1.165, 1.54) is 17.0 Å². The maximum absolute atomic E-state index is 13.7. The van der Waals surface area contributed by atoms with E-state index in [-0.39, 0.29) is 17.4 Å². The summed E-state index contributed by atoms with van der Waals surface area (Å²) < 4.78 is 3.23. The number of hydrogen-bond donors (Lipinski definition) is 2. The highest BCUT2D eigenvalue weighted by atomic mass is 32.1. The normalized spacial score (nSPS) is 11.4. The molecule has 10 heteroatoms. The number of allylic oxidation sites excluding steroid dienone is 1. The van der Waals surface area contributed by atoms with Gasteiger partial charge in [-0.25, -0.2) is 14.7 Å². The van der Waals surface area contributed by atoms with Gasteiger partial charge in [-0.05, 0) is 56.5 Å². The summed E-state index contributed by atoms with van der Waals surface area (Å²) in [6.07, 6.45) is 5.40. The van der Waals surface area contributed by atoms with Crippen molar-refractivity contribution < 1.29 is 4.79 Å². The quantitative estimate of drug-likeness (QED) is 0.164. The number of rotatable bonds is 6. The number of aliphatic imine (C=N–C) groups is 1. The molecule has 5 rings (SSSR count). The van der Waals surface area contributed by atoms with E-state index >= 15 is 0 Å². The number of benzene rings is 2. The van der Waals surface area contributed by atoms with Crippen molar-refractivity contribution in [2.24, 2.45) is 12.0 Å². The van der Waals surface area contributed by atoms with Crippen molar-refractivity contribution in [1.29, 1.82) is 0 Å². The van der Waals surface area contributed by atoms with Crippen LogP contribution in [0, 0.1) is 18.8 Å². The Labute approximate surface area is 248 Å². The van der Waals surface area contributed by atoms with Crippen LogP contribution in [0.25, 0.3) is 16.5 Å². The van der Waals surface area contributed by atoms with Crippen LogP contribution in [-0.4, -0.2) is 38.9 Å². The van der Waals surface area contributed by atoms with E-state index in [2.05, 4.69) is 51.8 Å². The van der Waals surface area contributed by atoms with E-state index in [0.29, 0.717) is 23.1 Å². The van der Waals surface area contributed by atoms with Crippen LogP contribution >= 0.6 is 11.3 Å². The van der Waals surface area contributed by atoms with Crippen molar-refractivity contribution in [3.05, 3.63) is 111 Å². The molecule has 0 aliphatic heterocycles. The topological polar surface area (TPSA) is 120 Å². The molecule has 0 spiro atoms. The number of nitrogens with one attached hydrogen (secondary N) is 1. The van der Waals surface area contributed by atoms with Gasteiger partial charge in [-0.15, -0.1) is 11.3 Å². The van der Waals surface area contributed by atoms with Crippen molar-refractivity contribution in [2.45, 2.75) is 19.9 Å². The molecule has 3 heterocycles. The molecule has 5 aromatic rings. The molecule has 42 heavy (non-hydrogen) atoms. The molecule has 0 fully saturated rings. The van der Waals surface area contributed by atoms with Crippen LogP contribution in [0.2, 0.25) is 0 Å². The number of hydrogen-bond acceptors (Lipinski definition) is 8. The van der Waals surface area contributed by atoms with Crippen LogP contribution in [0.15, 0.2) is 83.2 Å². The first kappa shape index (κ1) is 29.9. The molecule has 0 saturated carbocycles. The van der Waals surface area contributed by atoms with Crippen molar-refractivity contribution in [3.63, 3.8) is 0 Å². The van der Waals surface area contributed by atoms with Gasteiger partial charge in [0.1, 0.15) is 5.56 Å². The van der Waals surface area contributed by atoms with Gasteiger partial charge < -0.3 is 11.1 Å². The molecule has 3 N–H and O–H groups in total. The van der Waals surface area contributed by atoms with Gasteiger partial charge in [0.15, 0.2) is 17.9 Å². The number of pyridine rings is 1. The number of carbonyl (C=O) groups excluding carboxylic acids is 1. The Morgan fingerprint density at radius 1 is 1.17 bits per heavy atom. The molecule has 3 aromatic heterocycles. The van der Waals surface area contributed by atoms with Gasteiger partial charge in [-0.2, -0.15) is 5.10 Å². The van der Waals surface area contributed by atoms with E-state index in [9.17, 15) is 9.59 Å². The molecule has 0 aliphatic rings. The molecule has 2 aromatic carbocycles. The highest BCUT2D eigenvalue weighted by Crippen LogP contribution is 2.23. The van der Waals surface area contributed by atoms with Crippen molar-refractivity contribution in [3.8, 4) is 17.5 Å². The number of nitrogens with two attached hydrogens (primary N) is 1. The number of thiazole rings is 1. The molecule has 0 saturated heterocycles. The van der Waals surface area contributed by atoms with Gasteiger partial charge in [-0.1, -0.05) is 48.9 Å². The van der Waals surface area contributed by atoms with Crippen LogP contribution in [0.3, 0.4) is 0 Å². The zero-order chi connectivity index (χ0) is 30.2. The molecular weight excluding hydrogens is 546 g/mol. The summed E-state index contributed by atoms with van der Waals surface area (Å²) >= 11 is 1.55. The lowest BCUT2D eigenvalue weighted by Crippen LogP contribution is -2.27. The Morgan fingerprint density at radius 2 is 1.93 bits per heavy atom. The summed E-state index contributed by atoms with van der Waals surface area (Å²) in [5.74, 6) is 6.97. The first-order valence-corrected chi connectivity index (χ1v) is 13.9. The minimum Gasteiger partial charge on any atom is -0.382 e. The van der Waals surface area contributed by atoms with Crippen LogP contribution in [0.4, 0.5) is 11.6 Å². The molecule has 1 unspecified atom stereocenters. The van der Waals surface area contributed by atoms with E-state index in [0.717, 1.165) is 32.2 Å².